The van der Waals surface area contributed by atoms with Crippen molar-refractivity contribution in [1.82, 2.24) is 15.2 Å². The van der Waals surface area contributed by atoms with Gasteiger partial charge in [-0.2, -0.15) is 0 Å². The summed E-state index contributed by atoms with van der Waals surface area (Å²) in [6.07, 6.45) is 4.88. The van der Waals surface area contributed by atoms with E-state index in [1.54, 1.807) is 11.3 Å². The van der Waals surface area contributed by atoms with Crippen molar-refractivity contribution in [3.63, 3.8) is 0 Å². The van der Waals surface area contributed by atoms with Crippen LogP contribution in [0, 0.1) is 11.8 Å². The highest BCUT2D eigenvalue weighted by atomic mass is 35.5. The van der Waals surface area contributed by atoms with Crippen LogP contribution in [0.5, 0.6) is 0 Å². The molecule has 0 atom stereocenters. The molecule has 7 heteroatoms. The molecule has 1 N–H and O–H groups in total. The number of nitrogens with one attached hydrogen (secondary N) is 1. The second-order valence-corrected chi connectivity index (χ2v) is 9.15. The van der Waals surface area contributed by atoms with Gasteiger partial charge in [-0.25, -0.2) is 9.78 Å². The number of imide groups is 1. The molecule has 3 fully saturated rings. The predicted octanol–water partition coefficient (Wildman–Crippen LogP) is 4.00. The van der Waals surface area contributed by atoms with Crippen molar-refractivity contribution in [1.29, 1.82) is 0 Å². The first-order valence-corrected chi connectivity index (χ1v) is 10.6. The van der Waals surface area contributed by atoms with Crippen molar-refractivity contribution in [3.05, 3.63) is 50.9 Å². The van der Waals surface area contributed by atoms with Crippen molar-refractivity contribution in [3.8, 4) is 0 Å². The van der Waals surface area contributed by atoms with Gasteiger partial charge < -0.3 is 5.32 Å². The van der Waals surface area contributed by atoms with Crippen LogP contribution in [0.4, 0.5) is 4.79 Å². The average molecular weight is 402 g/mol. The molecule has 0 unspecified atom stereocenters. The Morgan fingerprint density at radius 2 is 1.81 bits per heavy atom. The molecule has 5 rings (SSSR count). The maximum atomic E-state index is 13.1. The SMILES string of the molecule is O=C1NC(C2CC2)(C2CC2)C(=O)N1Cc1csc(Cc2ccc(Cl)cc2)n1. The van der Waals surface area contributed by atoms with Crippen molar-refractivity contribution >= 4 is 34.9 Å². The van der Waals surface area contributed by atoms with E-state index in [9.17, 15) is 9.59 Å². The van der Waals surface area contributed by atoms with Crippen LogP contribution in [0.2, 0.25) is 5.02 Å². The van der Waals surface area contributed by atoms with Gasteiger partial charge in [-0.05, 0) is 55.2 Å². The summed E-state index contributed by atoms with van der Waals surface area (Å²) in [6, 6.07) is 7.45. The lowest BCUT2D eigenvalue weighted by Gasteiger charge is -2.26. The summed E-state index contributed by atoms with van der Waals surface area (Å²) in [6.45, 7) is 0.253. The summed E-state index contributed by atoms with van der Waals surface area (Å²) in [7, 11) is 0. The number of urea groups is 1. The van der Waals surface area contributed by atoms with E-state index in [1.807, 2.05) is 29.6 Å². The highest BCUT2D eigenvalue weighted by Gasteiger charge is 2.65. The van der Waals surface area contributed by atoms with Crippen molar-refractivity contribution in [2.75, 3.05) is 0 Å². The van der Waals surface area contributed by atoms with Crippen LogP contribution < -0.4 is 5.32 Å². The monoisotopic (exact) mass is 401 g/mol. The molecule has 3 aliphatic rings. The van der Waals surface area contributed by atoms with E-state index >= 15 is 0 Å². The maximum absolute atomic E-state index is 13.1. The molecule has 1 aromatic carbocycles. The van der Waals surface area contributed by atoms with Crippen LogP contribution >= 0.6 is 22.9 Å². The first-order valence-electron chi connectivity index (χ1n) is 9.38. The van der Waals surface area contributed by atoms with Crippen LogP contribution in [0.15, 0.2) is 29.6 Å². The average Bonchev–Trinajstić information content (AvgIpc) is 3.57. The normalized spacial score (nSPS) is 21.6. The van der Waals surface area contributed by atoms with Crippen LogP contribution in [-0.2, 0) is 17.8 Å². The van der Waals surface area contributed by atoms with E-state index in [0.29, 0.717) is 16.9 Å². The molecule has 3 amide bonds. The lowest BCUT2D eigenvalue weighted by atomic mass is 9.87. The molecule has 1 aromatic heterocycles. The molecule has 1 saturated heterocycles. The molecule has 2 aromatic rings. The molecule has 27 heavy (non-hydrogen) atoms. The van der Waals surface area contributed by atoms with Crippen molar-refractivity contribution in [2.24, 2.45) is 11.8 Å². The third-order valence-corrected chi connectivity index (χ3v) is 6.94. The quantitative estimate of drug-likeness (QED) is 0.744. The topological polar surface area (TPSA) is 62.3 Å². The van der Waals surface area contributed by atoms with E-state index in [4.69, 9.17) is 11.6 Å². The Hall–Kier alpha value is -1.92. The van der Waals surface area contributed by atoms with Gasteiger partial charge in [0.2, 0.25) is 0 Å². The second kappa shape index (κ2) is 6.31. The van der Waals surface area contributed by atoms with Crippen LogP contribution in [0.25, 0.3) is 0 Å². The first kappa shape index (κ1) is 17.2. The Balaban J connectivity index is 1.31. The van der Waals surface area contributed by atoms with Crippen molar-refractivity contribution < 1.29 is 9.59 Å². The Kier molecular flexibility index (Phi) is 4.02. The molecule has 2 saturated carbocycles. The summed E-state index contributed by atoms with van der Waals surface area (Å²) in [4.78, 5) is 31.7. The summed E-state index contributed by atoms with van der Waals surface area (Å²) < 4.78 is 0. The summed E-state index contributed by atoms with van der Waals surface area (Å²) in [5.41, 5.74) is 1.28. The van der Waals surface area contributed by atoms with E-state index in [1.165, 1.54) is 4.90 Å². The number of carbonyl (C=O) groups is 2. The van der Waals surface area contributed by atoms with E-state index < -0.39 is 5.54 Å². The molecular formula is C20H20ClN3O2S. The number of aromatic nitrogens is 1. The van der Waals surface area contributed by atoms with Crippen molar-refractivity contribution in [2.45, 2.75) is 44.2 Å². The lowest BCUT2D eigenvalue weighted by Crippen LogP contribution is -2.51. The van der Waals surface area contributed by atoms with E-state index in [-0.39, 0.29) is 18.5 Å². The van der Waals surface area contributed by atoms with Gasteiger partial charge in [-0.15, -0.1) is 11.3 Å². The molecule has 0 bridgehead atoms. The molecule has 0 radical (unpaired) electrons. The zero-order valence-electron chi connectivity index (χ0n) is 14.8. The van der Waals surface area contributed by atoms with Gasteiger partial charge in [0.25, 0.3) is 5.91 Å². The summed E-state index contributed by atoms with van der Waals surface area (Å²) in [5.74, 6) is 0.606. The number of hydrogen-bond acceptors (Lipinski definition) is 4. The molecule has 2 aliphatic carbocycles. The molecule has 1 aliphatic heterocycles. The third kappa shape index (κ3) is 3.05. The predicted molar refractivity (Wildman–Crippen MR) is 104 cm³/mol. The number of amides is 3. The fourth-order valence-electron chi connectivity index (χ4n) is 4.16. The van der Waals surface area contributed by atoms with Gasteiger partial charge in [-0.3, -0.25) is 9.69 Å². The van der Waals surface area contributed by atoms with Gasteiger partial charge in [0.1, 0.15) is 5.54 Å². The van der Waals surface area contributed by atoms with E-state index in [0.717, 1.165) is 48.4 Å². The Labute approximate surface area is 166 Å². The highest BCUT2D eigenvalue weighted by Crippen LogP contribution is 2.54. The molecule has 140 valence electrons. The number of hydrogen-bond donors (Lipinski definition) is 1. The number of benzene rings is 1. The standard InChI is InChI=1S/C20H20ClN3O2S/c21-15-7-1-12(2-8-15)9-17-22-16(11-27-17)10-24-18(25)20(13-3-4-13,14-5-6-14)23-19(24)26/h1-2,7-8,11,13-14H,3-6,9-10H2,(H,23,26). The summed E-state index contributed by atoms with van der Waals surface area (Å²) >= 11 is 7.49. The Morgan fingerprint density at radius 1 is 1.15 bits per heavy atom. The van der Waals surface area contributed by atoms with Gasteiger partial charge in [-0.1, -0.05) is 23.7 Å². The van der Waals surface area contributed by atoms with Crippen LogP contribution in [0.3, 0.4) is 0 Å². The van der Waals surface area contributed by atoms with Gasteiger partial charge in [0.05, 0.1) is 17.2 Å². The minimum Gasteiger partial charge on any atom is -0.323 e. The fourth-order valence-corrected chi connectivity index (χ4v) is 5.11. The largest absolute Gasteiger partial charge is 0.325 e. The molecular weight excluding hydrogens is 382 g/mol. The minimum atomic E-state index is -0.626. The second-order valence-electron chi connectivity index (χ2n) is 7.77. The van der Waals surface area contributed by atoms with E-state index in [2.05, 4.69) is 10.3 Å². The number of thiazole rings is 1. The maximum Gasteiger partial charge on any atom is 0.325 e. The van der Waals surface area contributed by atoms with Gasteiger partial charge >= 0.3 is 6.03 Å². The Bertz CT molecular complexity index is 890. The first-order chi connectivity index (χ1) is 13.1. The smallest absolute Gasteiger partial charge is 0.323 e. The molecule has 5 nitrogen and oxygen atoms in total. The molecule has 2 heterocycles. The molecule has 0 spiro atoms. The van der Waals surface area contributed by atoms with Crippen LogP contribution in [-0.4, -0.2) is 27.4 Å². The Morgan fingerprint density at radius 3 is 2.44 bits per heavy atom. The number of carbonyl (C=O) groups excluding carboxylic acids is 2. The number of rotatable bonds is 6. The fraction of sp³-hybridized carbons (Fsp3) is 0.450. The minimum absolute atomic E-state index is 0.0373. The lowest BCUT2D eigenvalue weighted by molar-refractivity contribution is -0.133. The zero-order chi connectivity index (χ0) is 18.6. The van der Waals surface area contributed by atoms with Gasteiger partial charge in [0.15, 0.2) is 0 Å². The third-order valence-electron chi connectivity index (χ3n) is 5.79. The zero-order valence-corrected chi connectivity index (χ0v) is 16.4. The highest BCUT2D eigenvalue weighted by molar-refractivity contribution is 7.09. The van der Waals surface area contributed by atoms with Crippen LogP contribution in [0.1, 0.15) is 41.9 Å². The number of nitrogens with zero attached hydrogens (tertiary/aromatic N) is 2. The summed E-state index contributed by atoms with van der Waals surface area (Å²) in [5, 5.41) is 6.69. The van der Waals surface area contributed by atoms with Gasteiger partial charge in [0, 0.05) is 16.8 Å². The number of halogens is 1.